The third-order valence-corrected chi connectivity index (χ3v) is 7.10. The first-order chi connectivity index (χ1) is 13.9. The van der Waals surface area contributed by atoms with E-state index in [0.29, 0.717) is 0 Å². The molecule has 0 spiro atoms. The Morgan fingerprint density at radius 1 is 1.14 bits per heavy atom. The molecule has 1 fully saturated rings. The van der Waals surface area contributed by atoms with Gasteiger partial charge in [-0.1, -0.05) is 18.2 Å². The van der Waals surface area contributed by atoms with Gasteiger partial charge in [0.15, 0.2) is 0 Å². The topological polar surface area (TPSA) is 93.7 Å². The van der Waals surface area contributed by atoms with Crippen LogP contribution in [-0.4, -0.2) is 55.5 Å². The Bertz CT molecular complexity index is 1130. The largest absolute Gasteiger partial charge is 0.480 e. The number of carboxylic acid groups (broad SMARTS) is 1. The van der Waals surface area contributed by atoms with E-state index in [2.05, 4.69) is 9.88 Å². The molecule has 0 bridgehead atoms. The molecular formula is C21H23N3O4S. The lowest BCUT2D eigenvalue weighted by atomic mass is 10.1. The van der Waals surface area contributed by atoms with Gasteiger partial charge in [-0.3, -0.25) is 4.79 Å². The molecule has 0 atom stereocenters. The van der Waals surface area contributed by atoms with Gasteiger partial charge in [-0.25, -0.2) is 8.42 Å². The molecule has 152 valence electrons. The summed E-state index contributed by atoms with van der Waals surface area (Å²) in [6, 6.07) is 14.9. The van der Waals surface area contributed by atoms with Crippen LogP contribution in [0.4, 0.5) is 5.69 Å². The average molecular weight is 413 g/mol. The second-order valence-corrected chi connectivity index (χ2v) is 9.34. The zero-order valence-corrected chi connectivity index (χ0v) is 16.9. The van der Waals surface area contributed by atoms with Crippen molar-refractivity contribution >= 4 is 32.6 Å². The number of aromatic amines is 1. The van der Waals surface area contributed by atoms with Gasteiger partial charge in [-0.05, 0) is 43.2 Å². The third kappa shape index (κ3) is 3.73. The van der Waals surface area contributed by atoms with E-state index in [-0.39, 0.29) is 4.90 Å². The molecule has 1 aromatic heterocycles. The van der Waals surface area contributed by atoms with Crippen molar-refractivity contribution in [3.63, 3.8) is 0 Å². The molecule has 2 N–H and O–H groups in total. The maximum Gasteiger partial charge on any atom is 0.318 e. The Kier molecular flexibility index (Phi) is 5.06. The molecule has 2 heterocycles. The van der Waals surface area contributed by atoms with Gasteiger partial charge < -0.3 is 15.0 Å². The minimum atomic E-state index is -3.91. The van der Waals surface area contributed by atoms with E-state index in [9.17, 15) is 13.2 Å². The molecule has 1 aliphatic rings. The van der Waals surface area contributed by atoms with Crippen LogP contribution in [0.25, 0.3) is 22.2 Å². The van der Waals surface area contributed by atoms with E-state index in [1.807, 2.05) is 36.4 Å². The van der Waals surface area contributed by atoms with Crippen molar-refractivity contribution < 1.29 is 18.3 Å². The highest BCUT2D eigenvalue weighted by molar-refractivity contribution is 7.89. The first-order valence-electron chi connectivity index (χ1n) is 9.51. The number of carbonyl (C=O) groups is 1. The summed E-state index contributed by atoms with van der Waals surface area (Å²) in [5.41, 5.74) is 3.60. The van der Waals surface area contributed by atoms with Crippen LogP contribution in [0.15, 0.2) is 53.4 Å². The van der Waals surface area contributed by atoms with Gasteiger partial charge >= 0.3 is 5.97 Å². The number of nitrogens with one attached hydrogen (secondary N) is 1. The predicted molar refractivity (Wildman–Crippen MR) is 113 cm³/mol. The second-order valence-electron chi connectivity index (χ2n) is 7.30. The van der Waals surface area contributed by atoms with E-state index in [4.69, 9.17) is 5.11 Å². The lowest BCUT2D eigenvalue weighted by Gasteiger charge is -2.23. The zero-order chi connectivity index (χ0) is 20.6. The molecule has 29 heavy (non-hydrogen) atoms. The minimum Gasteiger partial charge on any atom is -0.480 e. The van der Waals surface area contributed by atoms with Crippen molar-refractivity contribution in [2.75, 3.05) is 31.6 Å². The van der Waals surface area contributed by atoms with E-state index in [1.165, 1.54) is 7.05 Å². The van der Waals surface area contributed by atoms with Crippen LogP contribution in [0.5, 0.6) is 0 Å². The first-order valence-corrected chi connectivity index (χ1v) is 11.0. The third-order valence-electron chi connectivity index (χ3n) is 5.30. The lowest BCUT2D eigenvalue weighted by molar-refractivity contribution is -0.137. The standard InChI is InChI=1S/C21H23N3O4S/c1-23(14-21(25)26)29(27,28)16-8-9-20(24-10-4-5-11-24)17(13-16)19-12-15-6-2-3-7-18(15)22-19/h2-3,6-9,12-13,22H,4-5,10-11,14H2,1H3,(H,25,26). The highest BCUT2D eigenvalue weighted by Crippen LogP contribution is 2.36. The van der Waals surface area contributed by atoms with Crippen molar-refractivity contribution in [2.24, 2.45) is 0 Å². The van der Waals surface area contributed by atoms with E-state index in [0.717, 1.165) is 58.1 Å². The first kappa shape index (κ1) is 19.5. The van der Waals surface area contributed by atoms with Crippen molar-refractivity contribution in [1.29, 1.82) is 0 Å². The molecular weight excluding hydrogens is 390 g/mol. The van der Waals surface area contributed by atoms with E-state index >= 15 is 0 Å². The molecule has 8 heteroatoms. The molecule has 3 aromatic rings. The Hall–Kier alpha value is -2.84. The molecule has 1 aliphatic heterocycles. The average Bonchev–Trinajstić information content (AvgIpc) is 3.36. The van der Waals surface area contributed by atoms with Crippen molar-refractivity contribution in [1.82, 2.24) is 9.29 Å². The highest BCUT2D eigenvalue weighted by Gasteiger charge is 2.26. The normalized spacial score (nSPS) is 14.8. The lowest BCUT2D eigenvalue weighted by Crippen LogP contribution is -2.32. The SMILES string of the molecule is CN(CC(=O)O)S(=O)(=O)c1ccc(N2CCCC2)c(-c2cc3ccccc3[nH]2)c1. The number of nitrogens with zero attached hydrogens (tertiary/aromatic N) is 2. The van der Waals surface area contributed by atoms with E-state index in [1.54, 1.807) is 12.1 Å². The fourth-order valence-electron chi connectivity index (χ4n) is 3.80. The number of para-hydroxylation sites is 1. The summed E-state index contributed by atoms with van der Waals surface area (Å²) in [5, 5.41) is 10.0. The molecule has 7 nitrogen and oxygen atoms in total. The molecule has 0 radical (unpaired) electrons. The Morgan fingerprint density at radius 2 is 1.86 bits per heavy atom. The number of H-pyrrole nitrogens is 1. The van der Waals surface area contributed by atoms with Gasteiger partial charge in [0, 0.05) is 48.0 Å². The van der Waals surface area contributed by atoms with E-state index < -0.39 is 22.5 Å². The van der Waals surface area contributed by atoms with Crippen LogP contribution in [0.2, 0.25) is 0 Å². The number of anilines is 1. The fraction of sp³-hybridized carbons (Fsp3) is 0.286. The summed E-state index contributed by atoms with van der Waals surface area (Å²) in [6.07, 6.45) is 2.21. The summed E-state index contributed by atoms with van der Waals surface area (Å²) in [7, 11) is -2.64. The van der Waals surface area contributed by atoms with Crippen molar-refractivity contribution in [3.8, 4) is 11.3 Å². The summed E-state index contributed by atoms with van der Waals surface area (Å²) in [6.45, 7) is 1.27. The van der Waals surface area contributed by atoms with Crippen LogP contribution in [0.1, 0.15) is 12.8 Å². The molecule has 0 aliphatic carbocycles. The fourth-order valence-corrected chi connectivity index (χ4v) is 4.95. The summed E-state index contributed by atoms with van der Waals surface area (Å²) < 4.78 is 26.6. The van der Waals surface area contributed by atoms with Crippen molar-refractivity contribution in [3.05, 3.63) is 48.5 Å². The van der Waals surface area contributed by atoms with Crippen LogP contribution in [0, 0.1) is 0 Å². The summed E-state index contributed by atoms with van der Waals surface area (Å²) >= 11 is 0. The molecule has 4 rings (SSSR count). The zero-order valence-electron chi connectivity index (χ0n) is 16.1. The van der Waals surface area contributed by atoms with Crippen LogP contribution in [0.3, 0.4) is 0 Å². The number of rotatable bonds is 6. The number of hydrogen-bond donors (Lipinski definition) is 2. The van der Waals surface area contributed by atoms with Gasteiger partial charge in [-0.15, -0.1) is 0 Å². The Morgan fingerprint density at radius 3 is 2.55 bits per heavy atom. The minimum absolute atomic E-state index is 0.0813. The smallest absolute Gasteiger partial charge is 0.318 e. The van der Waals surface area contributed by atoms with Crippen molar-refractivity contribution in [2.45, 2.75) is 17.7 Å². The number of carboxylic acids is 1. The predicted octanol–water partition coefficient (Wildman–Crippen LogP) is 3.14. The second kappa shape index (κ2) is 7.53. The van der Waals surface area contributed by atoms with Gasteiger partial charge in [-0.2, -0.15) is 4.31 Å². The number of hydrogen-bond acceptors (Lipinski definition) is 4. The van der Waals surface area contributed by atoms with Crippen LogP contribution in [-0.2, 0) is 14.8 Å². The van der Waals surface area contributed by atoms with Gasteiger partial charge in [0.1, 0.15) is 6.54 Å². The van der Waals surface area contributed by atoms with Gasteiger partial charge in [0.05, 0.1) is 4.90 Å². The van der Waals surface area contributed by atoms with Gasteiger partial charge in [0.2, 0.25) is 10.0 Å². The quantitative estimate of drug-likeness (QED) is 0.648. The molecule has 1 saturated heterocycles. The number of fused-ring (bicyclic) bond motifs is 1. The number of aromatic nitrogens is 1. The maximum absolute atomic E-state index is 12.9. The summed E-state index contributed by atoms with van der Waals surface area (Å²) in [5.74, 6) is -1.19. The monoisotopic (exact) mass is 413 g/mol. The number of sulfonamides is 1. The van der Waals surface area contributed by atoms with Crippen LogP contribution >= 0.6 is 0 Å². The summed E-state index contributed by atoms with van der Waals surface area (Å²) in [4.78, 5) is 16.7. The number of aliphatic carboxylic acids is 1. The molecule has 0 saturated carbocycles. The Labute approximate surface area is 169 Å². The Balaban J connectivity index is 1.84. The molecule has 0 amide bonds. The number of benzene rings is 2. The maximum atomic E-state index is 12.9. The molecule has 2 aromatic carbocycles. The molecule has 0 unspecified atom stereocenters. The van der Waals surface area contributed by atoms with Crippen LogP contribution < -0.4 is 4.90 Å². The van der Waals surface area contributed by atoms with Gasteiger partial charge in [0.25, 0.3) is 0 Å². The number of likely N-dealkylation sites (N-methyl/N-ethyl adjacent to an activating group) is 1. The highest BCUT2D eigenvalue weighted by atomic mass is 32.2.